The van der Waals surface area contributed by atoms with Crippen LogP contribution in [0, 0.1) is 0 Å². The summed E-state index contributed by atoms with van der Waals surface area (Å²) in [6.07, 6.45) is 0.281. The van der Waals surface area contributed by atoms with Crippen molar-refractivity contribution in [1.82, 2.24) is 5.32 Å². The van der Waals surface area contributed by atoms with Crippen molar-refractivity contribution < 1.29 is 14.3 Å². The normalized spacial score (nSPS) is 13.1. The Morgan fingerprint density at radius 2 is 1.88 bits per heavy atom. The lowest BCUT2D eigenvalue weighted by atomic mass is 10.2. The van der Waals surface area contributed by atoms with Gasteiger partial charge >= 0.3 is 0 Å². The number of rotatable bonds is 8. The van der Waals surface area contributed by atoms with Gasteiger partial charge in [-0.15, -0.1) is 0 Å². The fourth-order valence-electron chi connectivity index (χ4n) is 2.73. The van der Waals surface area contributed by atoms with E-state index in [1.165, 1.54) is 5.56 Å². The summed E-state index contributed by atoms with van der Waals surface area (Å²) in [5.41, 5.74) is 2.02. The van der Waals surface area contributed by atoms with Crippen LogP contribution in [0.1, 0.15) is 12.0 Å². The highest BCUT2D eigenvalue weighted by Crippen LogP contribution is 2.31. The second-order valence-corrected chi connectivity index (χ2v) is 7.05. The van der Waals surface area contributed by atoms with E-state index in [9.17, 15) is 9.59 Å². The minimum Gasteiger partial charge on any atom is -0.482 e. The largest absolute Gasteiger partial charge is 0.482 e. The number of ether oxygens (including phenoxy) is 1. The van der Waals surface area contributed by atoms with Gasteiger partial charge in [0.25, 0.3) is 5.91 Å². The number of fused-ring (bicyclic) bond motifs is 1. The summed E-state index contributed by atoms with van der Waals surface area (Å²) in [5.74, 6) is 2.33. The SMILES string of the molecule is O=C(CCN1C(=O)COc2ccccc21)NCCSCc1ccccc1. The molecule has 2 aromatic rings. The Hall–Kier alpha value is -2.47. The molecule has 5 nitrogen and oxygen atoms in total. The van der Waals surface area contributed by atoms with Crippen LogP contribution in [-0.4, -0.2) is 37.3 Å². The van der Waals surface area contributed by atoms with Crippen LogP contribution < -0.4 is 15.0 Å². The minimum absolute atomic E-state index is 0.0226. The van der Waals surface area contributed by atoms with Gasteiger partial charge in [0.15, 0.2) is 6.61 Å². The summed E-state index contributed by atoms with van der Waals surface area (Å²) in [6.45, 7) is 1.01. The van der Waals surface area contributed by atoms with Crippen molar-refractivity contribution in [2.45, 2.75) is 12.2 Å². The Morgan fingerprint density at radius 1 is 1.12 bits per heavy atom. The Balaban J connectivity index is 1.37. The zero-order valence-corrected chi connectivity index (χ0v) is 15.3. The molecule has 0 bridgehead atoms. The molecule has 0 aromatic heterocycles. The summed E-state index contributed by atoms with van der Waals surface area (Å²) in [4.78, 5) is 25.7. The van der Waals surface area contributed by atoms with Gasteiger partial charge in [-0.2, -0.15) is 11.8 Å². The van der Waals surface area contributed by atoms with Gasteiger partial charge < -0.3 is 15.0 Å². The highest BCUT2D eigenvalue weighted by atomic mass is 32.2. The summed E-state index contributed by atoms with van der Waals surface area (Å²) in [7, 11) is 0. The predicted molar refractivity (Wildman–Crippen MR) is 105 cm³/mol. The molecule has 1 aliphatic heterocycles. The van der Waals surface area contributed by atoms with Gasteiger partial charge in [-0.3, -0.25) is 9.59 Å². The fourth-order valence-corrected chi connectivity index (χ4v) is 3.55. The van der Waals surface area contributed by atoms with Gasteiger partial charge in [0, 0.05) is 31.0 Å². The first-order chi connectivity index (χ1) is 12.7. The third-order valence-corrected chi connectivity index (χ3v) is 5.08. The zero-order chi connectivity index (χ0) is 18.2. The van der Waals surface area contributed by atoms with E-state index in [0.717, 1.165) is 17.2 Å². The van der Waals surface area contributed by atoms with E-state index < -0.39 is 0 Å². The summed E-state index contributed by atoms with van der Waals surface area (Å²) in [6, 6.07) is 17.7. The van der Waals surface area contributed by atoms with Gasteiger partial charge in [0.1, 0.15) is 5.75 Å². The molecule has 1 aliphatic rings. The van der Waals surface area contributed by atoms with Crippen LogP contribution >= 0.6 is 11.8 Å². The van der Waals surface area contributed by atoms with Gasteiger partial charge in [0.05, 0.1) is 5.69 Å². The Morgan fingerprint density at radius 3 is 2.73 bits per heavy atom. The van der Waals surface area contributed by atoms with E-state index in [1.807, 2.05) is 42.5 Å². The van der Waals surface area contributed by atoms with E-state index in [1.54, 1.807) is 16.7 Å². The maximum absolute atomic E-state index is 12.1. The number of para-hydroxylation sites is 2. The monoisotopic (exact) mass is 370 g/mol. The van der Waals surface area contributed by atoms with Crippen molar-refractivity contribution in [3.8, 4) is 5.75 Å². The molecule has 1 N–H and O–H groups in total. The topological polar surface area (TPSA) is 58.6 Å². The van der Waals surface area contributed by atoms with Crippen LogP contribution in [0.15, 0.2) is 54.6 Å². The first-order valence-corrected chi connectivity index (χ1v) is 9.80. The summed E-state index contributed by atoms with van der Waals surface area (Å²) < 4.78 is 5.41. The highest BCUT2D eigenvalue weighted by molar-refractivity contribution is 7.98. The van der Waals surface area contributed by atoms with Crippen LogP contribution in [0.5, 0.6) is 5.75 Å². The van der Waals surface area contributed by atoms with Gasteiger partial charge in [-0.1, -0.05) is 42.5 Å². The smallest absolute Gasteiger partial charge is 0.265 e. The van der Waals surface area contributed by atoms with Crippen molar-refractivity contribution in [2.24, 2.45) is 0 Å². The number of anilines is 1. The van der Waals surface area contributed by atoms with E-state index >= 15 is 0 Å². The van der Waals surface area contributed by atoms with E-state index in [4.69, 9.17) is 4.74 Å². The molecule has 6 heteroatoms. The number of nitrogens with one attached hydrogen (secondary N) is 1. The van der Waals surface area contributed by atoms with Crippen LogP contribution in [0.4, 0.5) is 5.69 Å². The molecule has 0 spiro atoms. The van der Waals surface area contributed by atoms with Crippen molar-refractivity contribution in [3.05, 3.63) is 60.2 Å². The highest BCUT2D eigenvalue weighted by Gasteiger charge is 2.25. The number of amides is 2. The van der Waals surface area contributed by atoms with Crippen LogP contribution in [0.25, 0.3) is 0 Å². The third kappa shape index (κ3) is 5.02. The molecule has 0 radical (unpaired) electrons. The molecule has 0 unspecified atom stereocenters. The van der Waals surface area contributed by atoms with Crippen LogP contribution in [0.3, 0.4) is 0 Å². The lowest BCUT2D eigenvalue weighted by Gasteiger charge is -2.29. The molecule has 2 aromatic carbocycles. The zero-order valence-electron chi connectivity index (χ0n) is 14.5. The molecule has 0 saturated heterocycles. The van der Waals surface area contributed by atoms with Crippen molar-refractivity contribution in [3.63, 3.8) is 0 Å². The molecule has 1 heterocycles. The Bertz CT molecular complexity index is 752. The van der Waals surface area contributed by atoms with Crippen molar-refractivity contribution >= 4 is 29.3 Å². The third-order valence-electron chi connectivity index (χ3n) is 4.05. The first-order valence-electron chi connectivity index (χ1n) is 8.64. The standard InChI is InChI=1S/C20H22N2O3S/c23-19(21-11-13-26-15-16-6-2-1-3-7-16)10-12-22-17-8-4-5-9-18(17)25-14-20(22)24/h1-9H,10-15H2,(H,21,23). The van der Waals surface area contributed by atoms with E-state index in [0.29, 0.717) is 18.8 Å². The number of hydrogen-bond donors (Lipinski definition) is 1. The van der Waals surface area contributed by atoms with E-state index in [-0.39, 0.29) is 24.8 Å². The molecular formula is C20H22N2O3S. The maximum Gasteiger partial charge on any atom is 0.265 e. The molecule has 136 valence electrons. The second-order valence-electron chi connectivity index (χ2n) is 5.94. The number of hydrogen-bond acceptors (Lipinski definition) is 4. The average Bonchev–Trinajstić information content (AvgIpc) is 2.68. The van der Waals surface area contributed by atoms with E-state index in [2.05, 4.69) is 17.4 Å². The lowest BCUT2D eigenvalue weighted by molar-refractivity contribution is -0.122. The fraction of sp³-hybridized carbons (Fsp3) is 0.300. The molecule has 26 heavy (non-hydrogen) atoms. The summed E-state index contributed by atoms with van der Waals surface area (Å²) >= 11 is 1.79. The molecule has 2 amide bonds. The molecule has 3 rings (SSSR count). The minimum atomic E-state index is -0.116. The van der Waals surface area contributed by atoms with Gasteiger partial charge in [0.2, 0.25) is 5.91 Å². The predicted octanol–water partition coefficient (Wildman–Crippen LogP) is 2.85. The molecule has 0 saturated carbocycles. The summed E-state index contributed by atoms with van der Waals surface area (Å²) in [5, 5.41) is 2.92. The number of thioether (sulfide) groups is 1. The van der Waals surface area contributed by atoms with Gasteiger partial charge in [-0.25, -0.2) is 0 Å². The maximum atomic E-state index is 12.1. The van der Waals surface area contributed by atoms with Crippen LogP contribution in [-0.2, 0) is 15.3 Å². The molecule has 0 fully saturated rings. The second kappa shape index (κ2) is 9.29. The Kier molecular flexibility index (Phi) is 6.55. The van der Waals surface area contributed by atoms with Crippen molar-refractivity contribution in [2.75, 3.05) is 30.3 Å². The average molecular weight is 370 g/mol. The molecular weight excluding hydrogens is 348 g/mol. The van der Waals surface area contributed by atoms with Crippen molar-refractivity contribution in [1.29, 1.82) is 0 Å². The van der Waals surface area contributed by atoms with Crippen LogP contribution in [0.2, 0.25) is 0 Å². The molecule has 0 atom stereocenters. The first kappa shape index (κ1) is 18.3. The Labute approximate surface area is 157 Å². The number of benzene rings is 2. The lowest BCUT2D eigenvalue weighted by Crippen LogP contribution is -2.41. The number of carbonyl (C=O) groups is 2. The quantitative estimate of drug-likeness (QED) is 0.726. The number of carbonyl (C=O) groups excluding carboxylic acids is 2. The number of nitrogens with zero attached hydrogens (tertiary/aromatic N) is 1. The molecule has 0 aliphatic carbocycles. The van der Waals surface area contributed by atoms with Gasteiger partial charge in [-0.05, 0) is 17.7 Å².